The number of fused-ring (bicyclic) bond motifs is 1. The van der Waals surface area contributed by atoms with Gasteiger partial charge < -0.3 is 9.47 Å². The van der Waals surface area contributed by atoms with Crippen LogP contribution in [0.4, 0.5) is 0 Å². The zero-order valence-electron chi connectivity index (χ0n) is 7.55. The first-order valence-electron chi connectivity index (χ1n) is 4.37. The maximum absolute atomic E-state index is 6.00. The Morgan fingerprint density at radius 3 is 2.86 bits per heavy atom. The van der Waals surface area contributed by atoms with E-state index >= 15 is 0 Å². The summed E-state index contributed by atoms with van der Waals surface area (Å²) in [7, 11) is 0. The SMILES string of the molecule is C#Cc1cc(Cl)c2c(c1)OCCCO2. The van der Waals surface area contributed by atoms with E-state index in [0.29, 0.717) is 35.3 Å². The molecule has 72 valence electrons. The molecule has 0 aliphatic carbocycles. The van der Waals surface area contributed by atoms with Crippen molar-refractivity contribution in [1.29, 1.82) is 0 Å². The van der Waals surface area contributed by atoms with E-state index in [1.54, 1.807) is 12.1 Å². The van der Waals surface area contributed by atoms with Crippen LogP contribution in [0.15, 0.2) is 12.1 Å². The minimum atomic E-state index is 0.511. The highest BCUT2D eigenvalue weighted by Crippen LogP contribution is 2.37. The summed E-state index contributed by atoms with van der Waals surface area (Å²) in [5.74, 6) is 3.76. The van der Waals surface area contributed by atoms with Gasteiger partial charge in [0.1, 0.15) is 0 Å². The first kappa shape index (κ1) is 9.23. The highest BCUT2D eigenvalue weighted by molar-refractivity contribution is 6.32. The fourth-order valence-electron chi connectivity index (χ4n) is 1.31. The number of rotatable bonds is 0. The zero-order valence-corrected chi connectivity index (χ0v) is 8.30. The van der Waals surface area contributed by atoms with Gasteiger partial charge in [-0.05, 0) is 12.1 Å². The molecule has 1 heterocycles. The zero-order chi connectivity index (χ0) is 9.97. The van der Waals surface area contributed by atoms with Gasteiger partial charge in [-0.3, -0.25) is 0 Å². The third-order valence-corrected chi connectivity index (χ3v) is 2.25. The van der Waals surface area contributed by atoms with Crippen molar-refractivity contribution in [3.8, 4) is 23.8 Å². The Kier molecular flexibility index (Phi) is 2.51. The topological polar surface area (TPSA) is 18.5 Å². The molecule has 0 aromatic heterocycles. The van der Waals surface area contributed by atoms with Crippen LogP contribution in [0.2, 0.25) is 5.02 Å². The molecule has 0 saturated heterocycles. The van der Waals surface area contributed by atoms with Gasteiger partial charge in [-0.2, -0.15) is 0 Å². The van der Waals surface area contributed by atoms with Crippen LogP contribution in [0.5, 0.6) is 11.5 Å². The predicted octanol–water partition coefficient (Wildman–Crippen LogP) is 2.48. The number of ether oxygens (including phenoxy) is 2. The summed E-state index contributed by atoms with van der Waals surface area (Å²) < 4.78 is 10.9. The molecule has 2 rings (SSSR count). The number of hydrogen-bond donors (Lipinski definition) is 0. The Labute approximate surface area is 87.8 Å². The Morgan fingerprint density at radius 1 is 1.29 bits per heavy atom. The van der Waals surface area contributed by atoms with Crippen molar-refractivity contribution in [1.82, 2.24) is 0 Å². The van der Waals surface area contributed by atoms with E-state index in [9.17, 15) is 0 Å². The lowest BCUT2D eigenvalue weighted by Crippen LogP contribution is -1.97. The summed E-state index contributed by atoms with van der Waals surface area (Å²) in [5.41, 5.74) is 0.708. The van der Waals surface area contributed by atoms with Crippen LogP contribution in [0.1, 0.15) is 12.0 Å². The third-order valence-electron chi connectivity index (χ3n) is 1.97. The molecule has 0 unspecified atom stereocenters. The predicted molar refractivity (Wildman–Crippen MR) is 55.0 cm³/mol. The fourth-order valence-corrected chi connectivity index (χ4v) is 1.58. The second-order valence-corrected chi connectivity index (χ2v) is 3.39. The van der Waals surface area contributed by atoms with E-state index in [4.69, 9.17) is 27.5 Å². The molecule has 2 nitrogen and oxygen atoms in total. The summed E-state index contributed by atoms with van der Waals surface area (Å²) in [6.07, 6.45) is 6.14. The second kappa shape index (κ2) is 3.81. The summed E-state index contributed by atoms with van der Waals surface area (Å²) in [4.78, 5) is 0. The first-order valence-corrected chi connectivity index (χ1v) is 4.75. The lowest BCUT2D eigenvalue weighted by atomic mass is 10.2. The van der Waals surface area contributed by atoms with E-state index in [1.165, 1.54) is 0 Å². The molecular formula is C11H9ClO2. The molecule has 3 heteroatoms. The van der Waals surface area contributed by atoms with Crippen molar-refractivity contribution in [3.63, 3.8) is 0 Å². The summed E-state index contributed by atoms with van der Waals surface area (Å²) in [6.45, 7) is 1.26. The van der Waals surface area contributed by atoms with Gasteiger partial charge in [-0.1, -0.05) is 17.5 Å². The quantitative estimate of drug-likeness (QED) is 0.610. The lowest BCUT2D eigenvalue weighted by Gasteiger charge is -2.08. The van der Waals surface area contributed by atoms with Crippen LogP contribution >= 0.6 is 11.6 Å². The maximum Gasteiger partial charge on any atom is 0.179 e. The first-order chi connectivity index (χ1) is 6.81. The van der Waals surface area contributed by atoms with Crippen LogP contribution in [-0.4, -0.2) is 13.2 Å². The van der Waals surface area contributed by atoms with E-state index in [2.05, 4.69) is 5.92 Å². The standard InChI is InChI=1S/C11H9ClO2/c1-2-8-6-9(12)11-10(7-8)13-4-3-5-14-11/h1,6-7H,3-5H2. The Bertz CT molecular complexity index is 393. The van der Waals surface area contributed by atoms with Gasteiger partial charge in [0.2, 0.25) is 0 Å². The van der Waals surface area contributed by atoms with Crippen molar-refractivity contribution in [2.24, 2.45) is 0 Å². The van der Waals surface area contributed by atoms with Gasteiger partial charge in [0.15, 0.2) is 11.5 Å². The molecule has 1 aromatic carbocycles. The van der Waals surface area contributed by atoms with Gasteiger partial charge in [-0.15, -0.1) is 6.42 Å². The van der Waals surface area contributed by atoms with Crippen LogP contribution in [0.25, 0.3) is 0 Å². The summed E-state index contributed by atoms with van der Waals surface area (Å²) in [5, 5.41) is 0.511. The normalized spacial score (nSPS) is 14.3. The molecule has 0 radical (unpaired) electrons. The van der Waals surface area contributed by atoms with E-state index in [-0.39, 0.29) is 0 Å². The third kappa shape index (κ3) is 1.64. The molecule has 14 heavy (non-hydrogen) atoms. The van der Waals surface area contributed by atoms with Crippen molar-refractivity contribution in [2.75, 3.05) is 13.2 Å². The molecule has 1 aliphatic heterocycles. The van der Waals surface area contributed by atoms with Crippen molar-refractivity contribution in [3.05, 3.63) is 22.7 Å². The largest absolute Gasteiger partial charge is 0.489 e. The van der Waals surface area contributed by atoms with Gasteiger partial charge >= 0.3 is 0 Å². The average molecular weight is 209 g/mol. The van der Waals surface area contributed by atoms with Gasteiger partial charge in [0.05, 0.1) is 18.2 Å². The highest BCUT2D eigenvalue weighted by atomic mass is 35.5. The molecule has 1 aliphatic rings. The Hall–Kier alpha value is -1.33. The van der Waals surface area contributed by atoms with Crippen molar-refractivity contribution < 1.29 is 9.47 Å². The van der Waals surface area contributed by atoms with Crippen LogP contribution < -0.4 is 9.47 Å². The Morgan fingerprint density at radius 2 is 2.07 bits per heavy atom. The molecule has 0 spiro atoms. The molecule has 0 atom stereocenters. The number of terminal acetylenes is 1. The van der Waals surface area contributed by atoms with Crippen molar-refractivity contribution in [2.45, 2.75) is 6.42 Å². The van der Waals surface area contributed by atoms with Crippen molar-refractivity contribution >= 4 is 11.6 Å². The van der Waals surface area contributed by atoms with Crippen LogP contribution in [0, 0.1) is 12.3 Å². The molecule has 0 N–H and O–H groups in total. The fraction of sp³-hybridized carbons (Fsp3) is 0.273. The molecule has 1 aromatic rings. The maximum atomic E-state index is 6.00. The summed E-state index contributed by atoms with van der Waals surface area (Å²) >= 11 is 6.00. The van der Waals surface area contributed by atoms with Crippen LogP contribution in [0.3, 0.4) is 0 Å². The smallest absolute Gasteiger partial charge is 0.179 e. The van der Waals surface area contributed by atoms with Gasteiger partial charge in [0, 0.05) is 12.0 Å². The number of hydrogen-bond acceptors (Lipinski definition) is 2. The number of halogens is 1. The molecular weight excluding hydrogens is 200 g/mol. The average Bonchev–Trinajstić information content (AvgIpc) is 2.42. The van der Waals surface area contributed by atoms with Gasteiger partial charge in [0.25, 0.3) is 0 Å². The molecule has 0 bridgehead atoms. The minimum absolute atomic E-state index is 0.511. The van der Waals surface area contributed by atoms with E-state index in [1.807, 2.05) is 0 Å². The highest BCUT2D eigenvalue weighted by Gasteiger charge is 2.14. The molecule has 0 amide bonds. The second-order valence-electron chi connectivity index (χ2n) is 2.98. The minimum Gasteiger partial charge on any atom is -0.489 e. The number of benzene rings is 1. The van der Waals surface area contributed by atoms with Crippen LogP contribution in [-0.2, 0) is 0 Å². The monoisotopic (exact) mass is 208 g/mol. The Balaban J connectivity index is 2.50. The molecule has 0 saturated carbocycles. The van der Waals surface area contributed by atoms with E-state index in [0.717, 1.165) is 6.42 Å². The molecule has 0 fully saturated rings. The van der Waals surface area contributed by atoms with E-state index < -0.39 is 0 Å². The van der Waals surface area contributed by atoms with Gasteiger partial charge in [-0.25, -0.2) is 0 Å². The summed E-state index contributed by atoms with van der Waals surface area (Å²) in [6, 6.07) is 3.47. The lowest BCUT2D eigenvalue weighted by molar-refractivity contribution is 0.297.